The zero-order valence-electron chi connectivity index (χ0n) is 14.3. The molecule has 0 saturated heterocycles. The lowest BCUT2D eigenvalue weighted by molar-refractivity contribution is -0.384. The van der Waals surface area contributed by atoms with Gasteiger partial charge in [-0.2, -0.15) is 5.10 Å². The van der Waals surface area contributed by atoms with Gasteiger partial charge < -0.3 is 4.74 Å². The topological polar surface area (TPSA) is 93.8 Å². The van der Waals surface area contributed by atoms with Crippen LogP contribution in [0, 0.1) is 30.9 Å². The first-order chi connectivity index (χ1) is 11.9. The third-order valence-corrected chi connectivity index (χ3v) is 3.71. The Bertz CT molecular complexity index is 831. The van der Waals surface area contributed by atoms with Crippen molar-refractivity contribution in [3.63, 3.8) is 0 Å². The Balaban J connectivity index is 1.92. The highest BCUT2D eigenvalue weighted by atomic mass is 16.6. The van der Waals surface area contributed by atoms with Crippen LogP contribution in [0.25, 0.3) is 0 Å². The number of nitrogens with one attached hydrogen (secondary N) is 1. The van der Waals surface area contributed by atoms with E-state index in [0.717, 1.165) is 16.7 Å². The van der Waals surface area contributed by atoms with Gasteiger partial charge in [0, 0.05) is 17.7 Å². The smallest absolute Gasteiger partial charge is 0.277 e. The molecule has 25 heavy (non-hydrogen) atoms. The molecule has 0 bridgehead atoms. The molecule has 1 amide bonds. The molecule has 0 heterocycles. The first-order valence-corrected chi connectivity index (χ1v) is 7.64. The predicted molar refractivity (Wildman–Crippen MR) is 95.0 cm³/mol. The van der Waals surface area contributed by atoms with Crippen molar-refractivity contribution < 1.29 is 14.5 Å². The van der Waals surface area contributed by atoms with Crippen LogP contribution in [0.2, 0.25) is 0 Å². The zero-order valence-corrected chi connectivity index (χ0v) is 14.3. The highest BCUT2D eigenvalue weighted by Gasteiger charge is 2.09. The monoisotopic (exact) mass is 341 g/mol. The van der Waals surface area contributed by atoms with Crippen LogP contribution in [0.4, 0.5) is 5.69 Å². The molecular weight excluding hydrogens is 322 g/mol. The highest BCUT2D eigenvalue weighted by Crippen LogP contribution is 2.25. The number of nitro groups is 1. The zero-order chi connectivity index (χ0) is 18.4. The average Bonchev–Trinajstić information content (AvgIpc) is 2.58. The molecule has 1 N–H and O–H groups in total. The quantitative estimate of drug-likeness (QED) is 0.496. The third kappa shape index (κ3) is 4.87. The maximum absolute atomic E-state index is 11.8. The molecule has 0 unspecified atom stereocenters. The fraction of sp³-hybridized carbons (Fsp3) is 0.222. The number of hydrogen-bond acceptors (Lipinski definition) is 5. The Labute approximate surface area is 145 Å². The largest absolute Gasteiger partial charge is 0.483 e. The first kappa shape index (κ1) is 18.1. The Morgan fingerprint density at radius 3 is 2.68 bits per heavy atom. The summed E-state index contributed by atoms with van der Waals surface area (Å²) in [4.78, 5) is 22.1. The van der Waals surface area contributed by atoms with Gasteiger partial charge in [-0.3, -0.25) is 14.9 Å². The number of carbonyl (C=O) groups excluding carboxylic acids is 1. The number of non-ortho nitro benzene ring substituents is 1. The number of benzene rings is 2. The van der Waals surface area contributed by atoms with Gasteiger partial charge in [0.2, 0.25) is 0 Å². The maximum Gasteiger partial charge on any atom is 0.277 e. The number of rotatable bonds is 6. The molecular formula is C18H19N3O4. The van der Waals surface area contributed by atoms with E-state index in [9.17, 15) is 14.9 Å². The summed E-state index contributed by atoms with van der Waals surface area (Å²) in [5, 5.41) is 14.5. The van der Waals surface area contributed by atoms with Gasteiger partial charge >= 0.3 is 0 Å². The maximum atomic E-state index is 11.8. The van der Waals surface area contributed by atoms with Gasteiger partial charge in [-0.15, -0.1) is 0 Å². The fourth-order valence-corrected chi connectivity index (χ4v) is 2.22. The summed E-state index contributed by atoms with van der Waals surface area (Å²) in [7, 11) is 0. The van der Waals surface area contributed by atoms with Crippen LogP contribution in [0.1, 0.15) is 22.3 Å². The molecule has 2 aromatic carbocycles. The summed E-state index contributed by atoms with van der Waals surface area (Å²) in [6, 6.07) is 9.89. The minimum atomic E-state index is -0.490. The van der Waals surface area contributed by atoms with E-state index in [4.69, 9.17) is 4.74 Å². The molecule has 0 atom stereocenters. The number of hydrogen-bond donors (Lipinski definition) is 1. The van der Waals surface area contributed by atoms with Crippen LogP contribution in [0.5, 0.6) is 5.75 Å². The van der Waals surface area contributed by atoms with Crippen molar-refractivity contribution in [1.82, 2.24) is 5.43 Å². The van der Waals surface area contributed by atoms with E-state index in [1.54, 1.807) is 12.1 Å². The molecule has 7 heteroatoms. The highest BCUT2D eigenvalue weighted by molar-refractivity contribution is 5.83. The summed E-state index contributed by atoms with van der Waals surface area (Å²) in [5.74, 6) is 0.278. The van der Waals surface area contributed by atoms with Crippen LogP contribution < -0.4 is 10.2 Å². The summed E-state index contributed by atoms with van der Waals surface area (Å²) in [5.41, 5.74) is 5.85. The number of ether oxygens (including phenoxy) is 1. The molecule has 7 nitrogen and oxygen atoms in total. The molecule has 2 rings (SSSR count). The lowest BCUT2D eigenvalue weighted by Gasteiger charge is -2.13. The van der Waals surface area contributed by atoms with Gasteiger partial charge in [-0.1, -0.05) is 24.3 Å². The molecule has 2 aromatic rings. The van der Waals surface area contributed by atoms with Crippen molar-refractivity contribution in [2.75, 3.05) is 6.61 Å². The second kappa shape index (κ2) is 8.05. The van der Waals surface area contributed by atoms with Crippen LogP contribution in [0.3, 0.4) is 0 Å². The second-order valence-corrected chi connectivity index (χ2v) is 5.59. The fourth-order valence-electron chi connectivity index (χ4n) is 2.22. The van der Waals surface area contributed by atoms with Gasteiger partial charge in [0.15, 0.2) is 6.61 Å². The number of aryl methyl sites for hydroxylation is 2. The van der Waals surface area contributed by atoms with E-state index in [1.807, 2.05) is 32.9 Å². The third-order valence-electron chi connectivity index (χ3n) is 3.71. The van der Waals surface area contributed by atoms with Gasteiger partial charge in [-0.25, -0.2) is 5.43 Å². The lowest BCUT2D eigenvalue weighted by atomic mass is 10.1. The molecule has 130 valence electrons. The van der Waals surface area contributed by atoms with Gasteiger partial charge in [0.1, 0.15) is 5.75 Å². The van der Waals surface area contributed by atoms with Crippen molar-refractivity contribution in [2.24, 2.45) is 5.10 Å². The van der Waals surface area contributed by atoms with E-state index in [0.29, 0.717) is 11.3 Å². The van der Waals surface area contributed by atoms with E-state index >= 15 is 0 Å². The first-order valence-electron chi connectivity index (χ1n) is 7.64. The second-order valence-electron chi connectivity index (χ2n) is 5.59. The van der Waals surface area contributed by atoms with E-state index in [1.165, 1.54) is 18.3 Å². The summed E-state index contributed by atoms with van der Waals surface area (Å²) >= 11 is 0. The van der Waals surface area contributed by atoms with Crippen molar-refractivity contribution >= 4 is 17.8 Å². The Morgan fingerprint density at radius 2 is 1.96 bits per heavy atom. The molecule has 0 saturated carbocycles. The van der Waals surface area contributed by atoms with Crippen molar-refractivity contribution in [3.05, 3.63) is 68.8 Å². The minimum absolute atomic E-state index is 0.0380. The molecule has 0 fully saturated rings. The number of amides is 1. The standard InChI is InChI=1S/C18H19N3O4/c1-12-7-8-13(2)18(14(12)3)25-11-17(22)20-19-10-15-5-4-6-16(9-15)21(23)24/h4-10H,11H2,1-3H3,(H,20,22)/b19-10+. The van der Waals surface area contributed by atoms with Crippen LogP contribution in [-0.4, -0.2) is 23.7 Å². The molecule has 0 aromatic heterocycles. The van der Waals surface area contributed by atoms with Crippen molar-refractivity contribution in [2.45, 2.75) is 20.8 Å². The predicted octanol–water partition coefficient (Wildman–Crippen LogP) is 3.05. The summed E-state index contributed by atoms with van der Waals surface area (Å²) < 4.78 is 5.59. The molecule has 0 aliphatic rings. The van der Waals surface area contributed by atoms with Crippen molar-refractivity contribution in [1.29, 1.82) is 0 Å². The van der Waals surface area contributed by atoms with Gasteiger partial charge in [-0.05, 0) is 37.5 Å². The molecule has 0 aliphatic carbocycles. The van der Waals surface area contributed by atoms with Crippen LogP contribution in [-0.2, 0) is 4.79 Å². The number of hydrazone groups is 1. The van der Waals surface area contributed by atoms with E-state index in [2.05, 4.69) is 10.5 Å². The van der Waals surface area contributed by atoms with Crippen LogP contribution >= 0.6 is 0 Å². The van der Waals surface area contributed by atoms with Gasteiger partial charge in [0.05, 0.1) is 11.1 Å². The Morgan fingerprint density at radius 1 is 1.24 bits per heavy atom. The molecule has 0 aliphatic heterocycles. The molecule has 0 radical (unpaired) electrons. The number of carbonyl (C=O) groups is 1. The Hall–Kier alpha value is -3.22. The minimum Gasteiger partial charge on any atom is -0.483 e. The number of nitrogens with zero attached hydrogens (tertiary/aromatic N) is 2. The van der Waals surface area contributed by atoms with E-state index < -0.39 is 10.8 Å². The lowest BCUT2D eigenvalue weighted by Crippen LogP contribution is -2.25. The number of nitro benzene ring substituents is 1. The molecule has 0 spiro atoms. The summed E-state index contributed by atoms with van der Waals surface area (Å²) in [6.45, 7) is 5.67. The normalized spacial score (nSPS) is 10.7. The Kier molecular flexibility index (Phi) is 5.84. The SMILES string of the molecule is Cc1ccc(C)c(OCC(=O)N/N=C/c2cccc([N+](=O)[O-])c2)c1C. The van der Waals surface area contributed by atoms with Crippen LogP contribution in [0.15, 0.2) is 41.5 Å². The van der Waals surface area contributed by atoms with Gasteiger partial charge in [0.25, 0.3) is 11.6 Å². The van der Waals surface area contributed by atoms with Crippen molar-refractivity contribution in [3.8, 4) is 5.75 Å². The average molecular weight is 341 g/mol. The van der Waals surface area contributed by atoms with E-state index in [-0.39, 0.29) is 12.3 Å². The summed E-state index contributed by atoms with van der Waals surface area (Å²) in [6.07, 6.45) is 1.34.